The number of carbonyl (C=O) groups excluding carboxylic acids is 2. The molecule has 54 heavy (non-hydrogen) atoms. The number of nitrogens with one attached hydrogen (secondary N) is 2. The highest BCUT2D eigenvalue weighted by Gasteiger charge is 2.22. The van der Waals surface area contributed by atoms with E-state index in [1.165, 1.54) is 154 Å². The first-order valence-electron chi connectivity index (χ1n) is 22.7. The Balaban J connectivity index is 4.49. The van der Waals surface area contributed by atoms with Gasteiger partial charge in [0.15, 0.2) is 5.96 Å². The van der Waals surface area contributed by atoms with Crippen LogP contribution in [0.3, 0.4) is 0 Å². The zero-order chi connectivity index (χ0) is 39.7. The fourth-order valence-corrected chi connectivity index (χ4v) is 6.96. The first-order chi connectivity index (χ1) is 26.4. The number of hydrogen-bond donors (Lipinski definition) is 5. The van der Waals surface area contributed by atoms with Crippen LogP contribution in [0, 0.1) is 0 Å². The summed E-state index contributed by atoms with van der Waals surface area (Å²) in [6, 6.07) is -1.38. The summed E-state index contributed by atoms with van der Waals surface area (Å²) >= 11 is 5.54. The van der Waals surface area contributed by atoms with Crippen molar-refractivity contribution >= 4 is 29.4 Å². The fraction of sp³-hybridized carbons (Fsp3) is 0.886. The first kappa shape index (κ1) is 52.2. The maximum atomic E-state index is 13.5. The molecular formula is C44H88ClN7O2. The van der Waals surface area contributed by atoms with E-state index in [9.17, 15) is 9.59 Å². The number of alkyl halides is 1. The standard InChI is InChI=1S/C44H88ClN7O2/c1-3-5-7-9-11-13-15-17-19-20-22-24-26-28-30-32-37-52(36-31-29-27-25-23-21-18-16-14-12-10-8-6-4-2)43(54)41(47)38-50-42(53)40(46)34-33-35-49-44(48)51-39-45/h17,19,40-41H,3-16,18,20-39,46-47H2,1-2H3,(H,50,53)(H3,48,49,51)/b19-17-/t40-,41-/m0/s1. The highest BCUT2D eigenvalue weighted by molar-refractivity contribution is 6.18. The van der Waals surface area contributed by atoms with Gasteiger partial charge >= 0.3 is 0 Å². The van der Waals surface area contributed by atoms with Crippen LogP contribution in [-0.4, -0.2) is 66.9 Å². The minimum absolute atomic E-state index is 0.0791. The lowest BCUT2D eigenvalue weighted by atomic mass is 10.0. The van der Waals surface area contributed by atoms with Gasteiger partial charge in [-0.1, -0.05) is 167 Å². The summed E-state index contributed by atoms with van der Waals surface area (Å²) in [5.74, 6) is -0.111. The summed E-state index contributed by atoms with van der Waals surface area (Å²) in [6.07, 6.45) is 41.8. The summed E-state index contributed by atoms with van der Waals surface area (Å²) in [7, 11) is 0. The Labute approximate surface area is 338 Å². The first-order valence-corrected chi connectivity index (χ1v) is 23.2. The molecule has 0 aliphatic rings. The van der Waals surface area contributed by atoms with Crippen LogP contribution in [0.1, 0.15) is 206 Å². The Hall–Kier alpha value is -1.84. The molecule has 0 rings (SSSR count). The van der Waals surface area contributed by atoms with Crippen molar-refractivity contribution in [2.75, 3.05) is 32.2 Å². The normalized spacial score (nSPS) is 13.0. The summed E-state index contributed by atoms with van der Waals surface area (Å²) in [6.45, 7) is 6.62. The highest BCUT2D eigenvalue weighted by Crippen LogP contribution is 2.14. The van der Waals surface area contributed by atoms with Gasteiger partial charge in [0.1, 0.15) is 12.0 Å². The zero-order valence-corrected chi connectivity index (χ0v) is 36.1. The number of hydrogen-bond acceptors (Lipinski definition) is 5. The molecule has 0 saturated carbocycles. The van der Waals surface area contributed by atoms with Crippen molar-refractivity contribution in [2.45, 2.75) is 219 Å². The molecule has 0 spiro atoms. The maximum Gasteiger partial charge on any atom is 0.241 e. The Morgan fingerprint density at radius 3 is 1.43 bits per heavy atom. The van der Waals surface area contributed by atoms with Gasteiger partial charge in [0.2, 0.25) is 11.8 Å². The second kappa shape index (κ2) is 40.8. The van der Waals surface area contributed by atoms with Crippen molar-refractivity contribution in [2.24, 2.45) is 22.2 Å². The molecule has 0 fully saturated rings. The van der Waals surface area contributed by atoms with E-state index in [-0.39, 0.29) is 30.3 Å². The quantitative estimate of drug-likeness (QED) is 0.0104. The van der Waals surface area contributed by atoms with Gasteiger partial charge in [-0.3, -0.25) is 9.59 Å². The smallest absolute Gasteiger partial charge is 0.241 e. The number of halogens is 1. The summed E-state index contributed by atoms with van der Waals surface area (Å²) in [4.78, 5) is 31.9. The van der Waals surface area contributed by atoms with E-state index in [0.29, 0.717) is 19.4 Å². The molecular weight excluding hydrogens is 694 g/mol. The largest absolute Gasteiger partial charge is 0.370 e. The Bertz CT molecular complexity index is 904. The molecule has 0 aliphatic heterocycles. The van der Waals surface area contributed by atoms with E-state index < -0.39 is 12.1 Å². The molecule has 2 amide bonds. The lowest BCUT2D eigenvalue weighted by Crippen LogP contribution is -2.52. The molecule has 318 valence electrons. The number of carbonyl (C=O) groups is 2. The minimum Gasteiger partial charge on any atom is -0.370 e. The Kier molecular flexibility index (Phi) is 39.4. The Morgan fingerprint density at radius 1 is 0.593 bits per heavy atom. The number of nitrogens with zero attached hydrogens (tertiary/aromatic N) is 2. The van der Waals surface area contributed by atoms with Crippen LogP contribution in [0.25, 0.3) is 0 Å². The highest BCUT2D eigenvalue weighted by atomic mass is 35.5. The van der Waals surface area contributed by atoms with Gasteiger partial charge in [-0.15, -0.1) is 11.6 Å². The van der Waals surface area contributed by atoms with Crippen molar-refractivity contribution in [1.29, 1.82) is 0 Å². The van der Waals surface area contributed by atoms with Crippen LogP contribution < -0.4 is 27.8 Å². The van der Waals surface area contributed by atoms with Crippen molar-refractivity contribution < 1.29 is 9.59 Å². The van der Waals surface area contributed by atoms with Crippen LogP contribution in [0.15, 0.2) is 17.1 Å². The third-order valence-corrected chi connectivity index (χ3v) is 10.5. The second-order valence-corrected chi connectivity index (χ2v) is 15.8. The SMILES string of the molecule is CCCCCCCC/C=C\CCCCCCCCN(CCCCCCCCCCCCCCCC)C(=O)[C@@H](N)CNC(=O)[C@@H](N)CCCN/C(N)=N\CCl. The molecule has 0 unspecified atom stereocenters. The average molecular weight is 783 g/mol. The lowest BCUT2D eigenvalue weighted by Gasteiger charge is -2.26. The van der Waals surface area contributed by atoms with Crippen LogP contribution >= 0.6 is 11.6 Å². The van der Waals surface area contributed by atoms with E-state index in [0.717, 1.165) is 38.8 Å². The molecule has 0 bridgehead atoms. The van der Waals surface area contributed by atoms with Gasteiger partial charge < -0.3 is 32.7 Å². The Morgan fingerprint density at radius 2 is 1.00 bits per heavy atom. The van der Waals surface area contributed by atoms with Gasteiger partial charge in [0, 0.05) is 26.2 Å². The number of guanidine groups is 1. The van der Waals surface area contributed by atoms with Crippen molar-refractivity contribution in [3.63, 3.8) is 0 Å². The van der Waals surface area contributed by atoms with Gasteiger partial charge in [-0.2, -0.15) is 0 Å². The van der Waals surface area contributed by atoms with E-state index >= 15 is 0 Å². The number of nitrogens with two attached hydrogens (primary N) is 3. The van der Waals surface area contributed by atoms with Gasteiger partial charge in [0.25, 0.3) is 0 Å². The van der Waals surface area contributed by atoms with E-state index in [4.69, 9.17) is 28.8 Å². The molecule has 9 nitrogen and oxygen atoms in total. The predicted octanol–water partition coefficient (Wildman–Crippen LogP) is 9.99. The van der Waals surface area contributed by atoms with Crippen LogP contribution in [-0.2, 0) is 9.59 Å². The molecule has 10 heteroatoms. The molecule has 0 saturated heterocycles. The van der Waals surface area contributed by atoms with Crippen LogP contribution in [0.4, 0.5) is 0 Å². The molecule has 0 aromatic heterocycles. The number of aliphatic imine (C=N–C) groups is 1. The van der Waals surface area contributed by atoms with Crippen molar-refractivity contribution in [3.05, 3.63) is 12.2 Å². The van der Waals surface area contributed by atoms with Gasteiger partial charge in [0.05, 0.1) is 6.04 Å². The fourth-order valence-electron chi connectivity index (χ4n) is 6.83. The number of amides is 2. The van der Waals surface area contributed by atoms with E-state index in [1.807, 2.05) is 4.90 Å². The minimum atomic E-state index is -0.782. The molecule has 0 aliphatic carbocycles. The number of unbranched alkanes of at least 4 members (excludes halogenated alkanes) is 25. The third-order valence-electron chi connectivity index (χ3n) is 10.4. The van der Waals surface area contributed by atoms with Gasteiger partial charge in [-0.05, 0) is 51.4 Å². The van der Waals surface area contributed by atoms with Crippen molar-refractivity contribution in [3.8, 4) is 0 Å². The maximum absolute atomic E-state index is 13.5. The monoisotopic (exact) mass is 782 g/mol. The van der Waals surface area contributed by atoms with E-state index in [1.54, 1.807) is 0 Å². The lowest BCUT2D eigenvalue weighted by molar-refractivity contribution is -0.133. The molecule has 0 aromatic rings. The van der Waals surface area contributed by atoms with Crippen LogP contribution in [0.2, 0.25) is 0 Å². The van der Waals surface area contributed by atoms with Crippen LogP contribution in [0.5, 0.6) is 0 Å². The van der Waals surface area contributed by atoms with E-state index in [2.05, 4.69) is 41.6 Å². The topological polar surface area (TPSA) is 152 Å². The second-order valence-electron chi connectivity index (χ2n) is 15.5. The molecule has 0 heterocycles. The van der Waals surface area contributed by atoms with Crippen molar-refractivity contribution in [1.82, 2.24) is 15.5 Å². The summed E-state index contributed by atoms with van der Waals surface area (Å²) in [5, 5.41) is 5.74. The third kappa shape index (κ3) is 34.6. The molecule has 2 atom stereocenters. The number of rotatable bonds is 40. The summed E-state index contributed by atoms with van der Waals surface area (Å²) < 4.78 is 0. The zero-order valence-electron chi connectivity index (χ0n) is 35.4. The molecule has 0 radical (unpaired) electrons. The molecule has 8 N–H and O–H groups in total. The predicted molar refractivity (Wildman–Crippen MR) is 235 cm³/mol. The average Bonchev–Trinajstić information content (AvgIpc) is 3.17. The van der Waals surface area contributed by atoms with Gasteiger partial charge in [-0.25, -0.2) is 4.99 Å². The summed E-state index contributed by atoms with van der Waals surface area (Å²) in [5.41, 5.74) is 18.1. The number of allylic oxidation sites excluding steroid dienone is 2. The molecule has 0 aromatic carbocycles.